The Labute approximate surface area is 185 Å². The molecule has 1 aromatic heterocycles. The van der Waals surface area contributed by atoms with Gasteiger partial charge in [0.15, 0.2) is 23.3 Å². The van der Waals surface area contributed by atoms with Gasteiger partial charge in [0.2, 0.25) is 0 Å². The van der Waals surface area contributed by atoms with Crippen molar-refractivity contribution in [1.29, 1.82) is 0 Å². The Hall–Kier alpha value is -2.98. The van der Waals surface area contributed by atoms with Gasteiger partial charge in [-0.15, -0.1) is 0 Å². The molecule has 3 aromatic carbocycles. The van der Waals surface area contributed by atoms with E-state index < -0.39 is 42.3 Å². The molecule has 0 spiro atoms. The quantitative estimate of drug-likeness (QED) is 0.172. The summed E-state index contributed by atoms with van der Waals surface area (Å²) in [5.74, 6) is -6.08. The van der Waals surface area contributed by atoms with Gasteiger partial charge in [-0.05, 0) is 10.6 Å². The van der Waals surface area contributed by atoms with E-state index in [9.17, 15) is 17.6 Å². The summed E-state index contributed by atoms with van der Waals surface area (Å²) >= 11 is 0. The number of nitrogens with zero attached hydrogens (tertiary/aromatic N) is 2. The number of hydrogen-bond donors (Lipinski definition) is 0. The average molecular weight is 456 g/mol. The third-order valence-electron chi connectivity index (χ3n) is 5.02. The normalized spacial score (nSPS) is 11.9. The van der Waals surface area contributed by atoms with Crippen molar-refractivity contribution in [1.82, 2.24) is 9.55 Å². The van der Waals surface area contributed by atoms with Crippen molar-refractivity contribution < 1.29 is 17.6 Å². The second-order valence-electron chi connectivity index (χ2n) is 8.37. The molecule has 4 rings (SSSR count). The first kappa shape index (κ1) is 22.2. The Kier molecular flexibility index (Phi) is 5.91. The van der Waals surface area contributed by atoms with E-state index in [1.165, 1.54) is 10.8 Å². The Balaban J connectivity index is 2.06. The minimum absolute atomic E-state index is 0.363. The van der Waals surface area contributed by atoms with Gasteiger partial charge in [-0.2, -0.15) is 0 Å². The lowest BCUT2D eigenvalue weighted by molar-refractivity contribution is 0.431. The van der Waals surface area contributed by atoms with Crippen LogP contribution < -0.4 is 16.2 Å². The molecule has 0 saturated heterocycles. The van der Waals surface area contributed by atoms with E-state index in [0.29, 0.717) is 17.3 Å². The van der Waals surface area contributed by atoms with Gasteiger partial charge in [-0.25, -0.2) is 22.5 Å². The lowest BCUT2D eigenvalue weighted by atomic mass is 9.93. The highest BCUT2D eigenvalue weighted by Gasteiger charge is 2.30. The van der Waals surface area contributed by atoms with E-state index in [1.54, 1.807) is 0 Å². The molecular formula is C25H21F4N2P. The van der Waals surface area contributed by atoms with Gasteiger partial charge < -0.3 is 0 Å². The van der Waals surface area contributed by atoms with Crippen LogP contribution in [0.15, 0.2) is 72.9 Å². The number of aromatic nitrogens is 2. The van der Waals surface area contributed by atoms with Crippen LogP contribution in [0.3, 0.4) is 0 Å². The minimum Gasteiger partial charge on any atom is -0.294 e. The fourth-order valence-corrected chi connectivity index (χ4v) is 5.65. The van der Waals surface area contributed by atoms with Crippen LogP contribution in [0, 0.1) is 23.3 Å². The highest BCUT2D eigenvalue weighted by Crippen LogP contribution is 2.36. The van der Waals surface area contributed by atoms with E-state index in [-0.39, 0.29) is 0 Å². The van der Waals surface area contributed by atoms with Crippen LogP contribution in [0.4, 0.5) is 17.6 Å². The smallest absolute Gasteiger partial charge is 0.196 e. The zero-order valence-electron chi connectivity index (χ0n) is 17.8. The van der Waals surface area contributed by atoms with Crippen molar-refractivity contribution in [2.75, 3.05) is 0 Å². The van der Waals surface area contributed by atoms with Gasteiger partial charge >= 0.3 is 0 Å². The van der Waals surface area contributed by atoms with Crippen LogP contribution in [-0.4, -0.2) is 9.55 Å². The van der Waals surface area contributed by atoms with Crippen molar-refractivity contribution in [3.05, 3.63) is 102 Å². The summed E-state index contributed by atoms with van der Waals surface area (Å²) in [6.45, 7) is 5.78. The molecule has 0 amide bonds. The fraction of sp³-hybridized carbons (Fsp3) is 0.160. The van der Waals surface area contributed by atoms with Crippen LogP contribution >= 0.6 is 7.92 Å². The Morgan fingerprint density at radius 1 is 0.750 bits per heavy atom. The first-order valence-electron chi connectivity index (χ1n) is 10.0. The van der Waals surface area contributed by atoms with E-state index in [1.807, 2.05) is 81.4 Å². The van der Waals surface area contributed by atoms with Crippen molar-refractivity contribution in [3.8, 4) is 5.69 Å². The molecule has 1 heterocycles. The summed E-state index contributed by atoms with van der Waals surface area (Å²) in [5.41, 5.74) is -0.178. The first-order chi connectivity index (χ1) is 15.2. The van der Waals surface area contributed by atoms with E-state index in [2.05, 4.69) is 0 Å². The highest BCUT2D eigenvalue weighted by molar-refractivity contribution is 7.79. The SMILES string of the molecule is CC(C)(C)c1cn(-c2c(F)cc(F)c(F)c2F)c(P(c2ccccc2)c2ccccc2)n1. The third kappa shape index (κ3) is 4.07. The van der Waals surface area contributed by atoms with Gasteiger partial charge in [0, 0.05) is 25.6 Å². The second kappa shape index (κ2) is 8.51. The summed E-state index contributed by atoms with van der Waals surface area (Å²) in [7, 11) is -1.36. The molecule has 4 aromatic rings. The van der Waals surface area contributed by atoms with Gasteiger partial charge in [0.05, 0.1) is 5.69 Å². The molecule has 32 heavy (non-hydrogen) atoms. The first-order valence-corrected chi connectivity index (χ1v) is 11.4. The Morgan fingerprint density at radius 3 is 1.78 bits per heavy atom. The van der Waals surface area contributed by atoms with Gasteiger partial charge in [-0.1, -0.05) is 81.4 Å². The van der Waals surface area contributed by atoms with E-state index in [4.69, 9.17) is 4.98 Å². The molecule has 0 aliphatic heterocycles. The third-order valence-corrected chi connectivity index (χ3v) is 7.36. The molecule has 0 radical (unpaired) electrons. The maximum atomic E-state index is 14.9. The Bertz CT molecular complexity index is 1210. The van der Waals surface area contributed by atoms with Gasteiger partial charge in [-0.3, -0.25) is 4.57 Å². The summed E-state index contributed by atoms with van der Waals surface area (Å²) < 4.78 is 58.7. The van der Waals surface area contributed by atoms with Crippen LogP contribution in [0.1, 0.15) is 26.5 Å². The Morgan fingerprint density at radius 2 is 1.28 bits per heavy atom. The second-order valence-corrected chi connectivity index (χ2v) is 10.5. The van der Waals surface area contributed by atoms with Crippen molar-refractivity contribution in [3.63, 3.8) is 0 Å². The number of benzene rings is 3. The maximum absolute atomic E-state index is 14.9. The van der Waals surface area contributed by atoms with Crippen molar-refractivity contribution in [2.45, 2.75) is 26.2 Å². The molecule has 0 aliphatic rings. The summed E-state index contributed by atoms with van der Waals surface area (Å²) in [5, 5.41) is 1.81. The monoisotopic (exact) mass is 456 g/mol. The standard InChI is InChI=1S/C25H21F4N2P/c1-25(2,3)20-15-31(23-19(27)14-18(26)21(28)22(23)29)24(30-20)32(16-10-6-4-7-11-16)17-12-8-5-9-13-17/h4-15H,1-3H3. The number of hydrogen-bond acceptors (Lipinski definition) is 1. The zero-order chi connectivity index (χ0) is 23.0. The summed E-state index contributed by atoms with van der Waals surface area (Å²) in [6, 6.07) is 19.3. The molecule has 7 heteroatoms. The molecule has 2 nitrogen and oxygen atoms in total. The van der Waals surface area contributed by atoms with Gasteiger partial charge in [0.1, 0.15) is 11.3 Å². The van der Waals surface area contributed by atoms with Crippen molar-refractivity contribution in [2.24, 2.45) is 0 Å². The highest BCUT2D eigenvalue weighted by atomic mass is 31.1. The molecule has 0 atom stereocenters. The largest absolute Gasteiger partial charge is 0.294 e. The maximum Gasteiger partial charge on any atom is 0.196 e. The minimum atomic E-state index is -1.72. The van der Waals surface area contributed by atoms with Crippen molar-refractivity contribution >= 4 is 24.1 Å². The molecule has 0 saturated carbocycles. The molecule has 0 N–H and O–H groups in total. The molecular weight excluding hydrogens is 435 g/mol. The van der Waals surface area contributed by atoms with Gasteiger partial charge in [0.25, 0.3) is 0 Å². The zero-order valence-corrected chi connectivity index (χ0v) is 18.7. The average Bonchev–Trinajstić information content (AvgIpc) is 3.19. The van der Waals surface area contributed by atoms with Crippen LogP contribution in [0.2, 0.25) is 0 Å². The van der Waals surface area contributed by atoms with E-state index in [0.717, 1.165) is 10.6 Å². The lowest BCUT2D eigenvalue weighted by Crippen LogP contribution is -2.28. The summed E-state index contributed by atoms with van der Waals surface area (Å²) in [6.07, 6.45) is 1.51. The molecule has 0 unspecified atom stereocenters. The summed E-state index contributed by atoms with van der Waals surface area (Å²) in [4.78, 5) is 4.79. The lowest BCUT2D eigenvalue weighted by Gasteiger charge is -2.20. The van der Waals surface area contributed by atoms with Crippen LogP contribution in [-0.2, 0) is 5.41 Å². The fourth-order valence-electron chi connectivity index (χ4n) is 3.37. The predicted molar refractivity (Wildman–Crippen MR) is 121 cm³/mol. The molecule has 0 fully saturated rings. The predicted octanol–water partition coefficient (Wildman–Crippen LogP) is 5.48. The topological polar surface area (TPSA) is 17.8 Å². The van der Waals surface area contributed by atoms with Crippen LogP contribution in [0.5, 0.6) is 0 Å². The van der Waals surface area contributed by atoms with E-state index >= 15 is 0 Å². The molecule has 164 valence electrons. The number of halogens is 4. The number of imidazole rings is 1. The van der Waals surface area contributed by atoms with Crippen LogP contribution in [0.25, 0.3) is 5.69 Å². The molecule has 0 aliphatic carbocycles. The number of rotatable bonds is 4. The molecule has 0 bridgehead atoms.